The summed E-state index contributed by atoms with van der Waals surface area (Å²) < 4.78 is 7.68. The Morgan fingerprint density at radius 3 is 2.36 bits per heavy atom. The van der Waals surface area contributed by atoms with Gasteiger partial charge in [0.15, 0.2) is 11.5 Å². The van der Waals surface area contributed by atoms with E-state index in [4.69, 9.17) is 9.84 Å². The molecule has 0 radical (unpaired) electrons. The van der Waals surface area contributed by atoms with E-state index in [9.17, 15) is 0 Å². The van der Waals surface area contributed by atoms with Crippen molar-refractivity contribution in [2.75, 3.05) is 42.6 Å². The average molecular weight is 380 g/mol. The van der Waals surface area contributed by atoms with Gasteiger partial charge in [0.05, 0.1) is 12.3 Å². The molecule has 148 valence electrons. The third kappa shape index (κ3) is 3.48. The van der Waals surface area contributed by atoms with Crippen molar-refractivity contribution in [3.05, 3.63) is 42.2 Å². The number of fused-ring (bicyclic) bond motifs is 1. The Bertz CT molecular complexity index is 953. The van der Waals surface area contributed by atoms with Gasteiger partial charge in [0.1, 0.15) is 11.6 Å². The second-order valence-corrected chi connectivity index (χ2v) is 8.11. The predicted molar refractivity (Wildman–Crippen MR) is 112 cm³/mol. The highest BCUT2D eigenvalue weighted by Gasteiger charge is 2.24. The highest BCUT2D eigenvalue weighted by Crippen LogP contribution is 2.29. The Morgan fingerprint density at radius 2 is 1.64 bits per heavy atom. The number of nitrogens with zero attached hydrogens (tertiary/aromatic N) is 6. The smallest absolute Gasteiger partial charge is 0.178 e. The number of anilines is 2. The normalized spacial score (nSPS) is 15.3. The van der Waals surface area contributed by atoms with E-state index in [0.717, 1.165) is 49.2 Å². The van der Waals surface area contributed by atoms with E-state index in [2.05, 4.69) is 52.9 Å². The largest absolute Gasteiger partial charge is 0.492 e. The molecule has 0 unspecified atom stereocenters. The summed E-state index contributed by atoms with van der Waals surface area (Å²) in [6, 6.07) is 12.3. The summed E-state index contributed by atoms with van der Waals surface area (Å²) in [6.45, 7) is 12.8. The summed E-state index contributed by atoms with van der Waals surface area (Å²) in [5, 5.41) is 13.4. The number of hydrogen-bond acceptors (Lipinski definition) is 6. The van der Waals surface area contributed by atoms with Gasteiger partial charge in [0, 0.05) is 31.6 Å². The molecule has 28 heavy (non-hydrogen) atoms. The van der Waals surface area contributed by atoms with Crippen LogP contribution in [0.15, 0.2) is 36.4 Å². The molecule has 0 saturated carbocycles. The van der Waals surface area contributed by atoms with E-state index in [1.807, 2.05) is 35.7 Å². The molecule has 1 aliphatic heterocycles. The molecule has 0 bridgehead atoms. The van der Waals surface area contributed by atoms with Crippen molar-refractivity contribution in [3.8, 4) is 5.75 Å². The molecule has 7 heteroatoms. The molecule has 3 heterocycles. The van der Waals surface area contributed by atoms with Gasteiger partial charge in [0.25, 0.3) is 0 Å². The summed E-state index contributed by atoms with van der Waals surface area (Å²) >= 11 is 0. The first-order chi connectivity index (χ1) is 13.5. The van der Waals surface area contributed by atoms with E-state index >= 15 is 0 Å². The molecule has 7 nitrogen and oxygen atoms in total. The zero-order chi connectivity index (χ0) is 19.7. The van der Waals surface area contributed by atoms with Crippen molar-refractivity contribution in [2.45, 2.75) is 33.1 Å². The van der Waals surface area contributed by atoms with Crippen LogP contribution in [0.25, 0.3) is 5.65 Å². The standard InChI is InChI=1S/C21H28N6O/c1-5-28-17-9-7-6-8-16(17)25-12-14-26(15-13-25)19-11-10-18-22-23-20(21(2,3)4)27(18)24-19/h6-11H,5,12-15H2,1-4H3. The molecule has 0 spiro atoms. The number of aromatic nitrogens is 4. The van der Waals surface area contributed by atoms with Gasteiger partial charge < -0.3 is 14.5 Å². The SMILES string of the molecule is CCOc1ccccc1N1CCN(c2ccc3nnc(C(C)(C)C)n3n2)CC1. The van der Waals surface area contributed by atoms with Crippen molar-refractivity contribution in [1.29, 1.82) is 0 Å². The average Bonchev–Trinajstić information content (AvgIpc) is 3.12. The van der Waals surface area contributed by atoms with Gasteiger partial charge in [-0.15, -0.1) is 15.3 Å². The first kappa shape index (κ1) is 18.5. The first-order valence-electron chi connectivity index (χ1n) is 9.92. The maximum Gasteiger partial charge on any atom is 0.178 e. The van der Waals surface area contributed by atoms with Crippen molar-refractivity contribution in [3.63, 3.8) is 0 Å². The number of hydrogen-bond donors (Lipinski definition) is 0. The second-order valence-electron chi connectivity index (χ2n) is 8.11. The highest BCUT2D eigenvalue weighted by molar-refractivity contribution is 5.59. The third-order valence-corrected chi connectivity index (χ3v) is 5.03. The molecular formula is C21H28N6O. The van der Waals surface area contributed by atoms with Crippen molar-refractivity contribution < 1.29 is 4.74 Å². The minimum Gasteiger partial charge on any atom is -0.492 e. The van der Waals surface area contributed by atoms with Gasteiger partial charge in [-0.1, -0.05) is 32.9 Å². The van der Waals surface area contributed by atoms with Gasteiger partial charge in [-0.05, 0) is 31.2 Å². The maximum absolute atomic E-state index is 5.80. The van der Waals surface area contributed by atoms with Gasteiger partial charge in [0.2, 0.25) is 0 Å². The molecule has 3 aromatic rings. The summed E-state index contributed by atoms with van der Waals surface area (Å²) in [4.78, 5) is 4.71. The van der Waals surface area contributed by atoms with E-state index in [1.54, 1.807) is 0 Å². The second kappa shape index (κ2) is 7.30. The molecule has 0 N–H and O–H groups in total. The van der Waals surface area contributed by atoms with Crippen LogP contribution in [0, 0.1) is 0 Å². The van der Waals surface area contributed by atoms with Crippen LogP contribution in [0.2, 0.25) is 0 Å². The Labute approximate surface area is 165 Å². The van der Waals surface area contributed by atoms with E-state index in [-0.39, 0.29) is 5.41 Å². The molecule has 0 aliphatic carbocycles. The van der Waals surface area contributed by atoms with Gasteiger partial charge >= 0.3 is 0 Å². The Morgan fingerprint density at radius 1 is 0.929 bits per heavy atom. The fraction of sp³-hybridized carbons (Fsp3) is 0.476. The Hall–Kier alpha value is -2.83. The summed E-state index contributed by atoms with van der Waals surface area (Å²) in [7, 11) is 0. The summed E-state index contributed by atoms with van der Waals surface area (Å²) in [6.07, 6.45) is 0. The van der Waals surface area contributed by atoms with Crippen molar-refractivity contribution in [2.24, 2.45) is 0 Å². The lowest BCUT2D eigenvalue weighted by Gasteiger charge is -2.37. The highest BCUT2D eigenvalue weighted by atomic mass is 16.5. The predicted octanol–water partition coefficient (Wildman–Crippen LogP) is 3.15. The minimum absolute atomic E-state index is 0.104. The zero-order valence-corrected chi connectivity index (χ0v) is 17.1. The summed E-state index contributed by atoms with van der Waals surface area (Å²) in [5.41, 5.74) is 1.85. The van der Waals surface area contributed by atoms with Crippen LogP contribution in [0.5, 0.6) is 5.75 Å². The fourth-order valence-corrected chi connectivity index (χ4v) is 3.59. The van der Waals surface area contributed by atoms with Crippen LogP contribution in [-0.4, -0.2) is 52.6 Å². The molecule has 4 rings (SSSR count). The fourth-order valence-electron chi connectivity index (χ4n) is 3.59. The van der Waals surface area contributed by atoms with Gasteiger partial charge in [-0.25, -0.2) is 0 Å². The molecule has 1 fully saturated rings. The van der Waals surface area contributed by atoms with Gasteiger partial charge in [-0.2, -0.15) is 4.52 Å². The molecule has 0 atom stereocenters. The number of ether oxygens (including phenoxy) is 1. The zero-order valence-electron chi connectivity index (χ0n) is 17.1. The topological polar surface area (TPSA) is 58.8 Å². The summed E-state index contributed by atoms with van der Waals surface area (Å²) in [5.74, 6) is 2.81. The minimum atomic E-state index is -0.104. The quantitative estimate of drug-likeness (QED) is 0.693. The molecule has 0 amide bonds. The van der Waals surface area contributed by atoms with Crippen molar-refractivity contribution in [1.82, 2.24) is 19.8 Å². The number of para-hydroxylation sites is 2. The molecule has 1 saturated heterocycles. The number of benzene rings is 1. The monoisotopic (exact) mass is 380 g/mol. The van der Waals surface area contributed by atoms with Crippen molar-refractivity contribution >= 4 is 17.2 Å². The third-order valence-electron chi connectivity index (χ3n) is 5.03. The van der Waals surface area contributed by atoms with Crippen LogP contribution in [0.1, 0.15) is 33.5 Å². The lowest BCUT2D eigenvalue weighted by atomic mass is 9.96. The number of piperazine rings is 1. The molecular weight excluding hydrogens is 352 g/mol. The lowest BCUT2D eigenvalue weighted by Crippen LogP contribution is -2.47. The van der Waals surface area contributed by atoms with Crippen LogP contribution >= 0.6 is 0 Å². The molecule has 2 aromatic heterocycles. The Balaban J connectivity index is 1.53. The van der Waals surface area contributed by atoms with Crippen LogP contribution in [0.3, 0.4) is 0 Å². The van der Waals surface area contributed by atoms with Gasteiger partial charge in [-0.3, -0.25) is 0 Å². The van der Waals surface area contributed by atoms with E-state index in [1.165, 1.54) is 5.69 Å². The molecule has 1 aromatic carbocycles. The Kier molecular flexibility index (Phi) is 4.83. The van der Waals surface area contributed by atoms with E-state index < -0.39 is 0 Å². The van der Waals surface area contributed by atoms with Crippen LogP contribution in [0.4, 0.5) is 11.5 Å². The first-order valence-corrected chi connectivity index (χ1v) is 9.92. The lowest BCUT2D eigenvalue weighted by molar-refractivity contribution is 0.340. The molecule has 1 aliphatic rings. The van der Waals surface area contributed by atoms with Crippen LogP contribution in [-0.2, 0) is 5.41 Å². The van der Waals surface area contributed by atoms with Crippen LogP contribution < -0.4 is 14.5 Å². The maximum atomic E-state index is 5.80. The van der Waals surface area contributed by atoms with E-state index in [0.29, 0.717) is 6.61 Å². The number of rotatable bonds is 4.